The lowest BCUT2D eigenvalue weighted by Gasteiger charge is -2.07. The molecule has 1 rings (SSSR count). The number of hydrogen-bond donors (Lipinski definition) is 1. The normalized spacial score (nSPS) is 11.8. The van der Waals surface area contributed by atoms with Crippen LogP contribution in [0.15, 0.2) is 6.07 Å². The van der Waals surface area contributed by atoms with Crippen molar-refractivity contribution in [1.82, 2.24) is 5.32 Å². The predicted octanol–water partition coefficient (Wildman–Crippen LogP) is 3.99. The summed E-state index contributed by atoms with van der Waals surface area (Å²) < 4.78 is 11.2. The van der Waals surface area contributed by atoms with Gasteiger partial charge in [0.15, 0.2) is 0 Å². The van der Waals surface area contributed by atoms with Crippen molar-refractivity contribution in [2.24, 2.45) is 11.8 Å². The van der Waals surface area contributed by atoms with Gasteiger partial charge in [0.1, 0.15) is 0 Å². The summed E-state index contributed by atoms with van der Waals surface area (Å²) in [5.41, 5.74) is 1.31. The Kier molecular flexibility index (Phi) is 9.16. The van der Waals surface area contributed by atoms with Gasteiger partial charge in [-0.15, -0.1) is 11.3 Å². The molecule has 4 heteroatoms. The summed E-state index contributed by atoms with van der Waals surface area (Å²) in [6, 6.07) is 2.27. The van der Waals surface area contributed by atoms with E-state index in [2.05, 4.69) is 46.0 Å². The molecular formula is C17H31NO2S. The van der Waals surface area contributed by atoms with E-state index < -0.39 is 0 Å². The average molecular weight is 314 g/mol. The number of aryl methyl sites for hydroxylation is 1. The van der Waals surface area contributed by atoms with Gasteiger partial charge in [-0.05, 0) is 36.9 Å². The van der Waals surface area contributed by atoms with E-state index in [1.807, 2.05) is 11.3 Å². The standard InChI is InChI=1S/C17H31NO2S/c1-13(2)9-18-10-17-8-16(15(5)21-17)12-20-7-6-19-11-14(3)4/h8,13-14,18H,6-7,9-12H2,1-5H3. The van der Waals surface area contributed by atoms with E-state index in [0.29, 0.717) is 31.7 Å². The lowest BCUT2D eigenvalue weighted by molar-refractivity contribution is 0.0314. The van der Waals surface area contributed by atoms with Crippen LogP contribution in [0.2, 0.25) is 0 Å². The second-order valence-corrected chi connectivity index (χ2v) is 7.68. The maximum atomic E-state index is 5.70. The summed E-state index contributed by atoms with van der Waals surface area (Å²) in [5, 5.41) is 3.49. The maximum absolute atomic E-state index is 5.70. The molecule has 0 radical (unpaired) electrons. The van der Waals surface area contributed by atoms with Crippen LogP contribution < -0.4 is 5.32 Å². The van der Waals surface area contributed by atoms with Gasteiger partial charge in [0.05, 0.1) is 19.8 Å². The van der Waals surface area contributed by atoms with Gasteiger partial charge < -0.3 is 14.8 Å². The fraction of sp³-hybridized carbons (Fsp3) is 0.765. The van der Waals surface area contributed by atoms with E-state index in [1.165, 1.54) is 15.3 Å². The zero-order chi connectivity index (χ0) is 15.7. The lowest BCUT2D eigenvalue weighted by atomic mass is 10.2. The number of nitrogens with one attached hydrogen (secondary N) is 1. The Hall–Kier alpha value is -0.420. The van der Waals surface area contributed by atoms with Crippen molar-refractivity contribution in [3.63, 3.8) is 0 Å². The molecule has 1 aromatic rings. The fourth-order valence-electron chi connectivity index (χ4n) is 1.92. The van der Waals surface area contributed by atoms with E-state index in [4.69, 9.17) is 9.47 Å². The van der Waals surface area contributed by atoms with Gasteiger partial charge in [-0.1, -0.05) is 27.7 Å². The minimum absolute atomic E-state index is 0.588. The maximum Gasteiger partial charge on any atom is 0.0728 e. The molecule has 0 atom stereocenters. The highest BCUT2D eigenvalue weighted by Crippen LogP contribution is 2.22. The largest absolute Gasteiger partial charge is 0.379 e. The molecule has 0 aromatic carbocycles. The Morgan fingerprint density at radius 2 is 1.81 bits per heavy atom. The molecule has 0 bridgehead atoms. The molecule has 0 fully saturated rings. The molecule has 0 spiro atoms. The zero-order valence-electron chi connectivity index (χ0n) is 14.2. The van der Waals surface area contributed by atoms with Gasteiger partial charge >= 0.3 is 0 Å². The Labute approximate surface area is 134 Å². The van der Waals surface area contributed by atoms with E-state index in [-0.39, 0.29) is 0 Å². The van der Waals surface area contributed by atoms with Gasteiger partial charge in [-0.2, -0.15) is 0 Å². The van der Waals surface area contributed by atoms with Crippen molar-refractivity contribution < 1.29 is 9.47 Å². The van der Waals surface area contributed by atoms with Crippen LogP contribution in [0.3, 0.4) is 0 Å². The third kappa shape index (κ3) is 8.57. The summed E-state index contributed by atoms with van der Waals surface area (Å²) in [6.07, 6.45) is 0. The number of rotatable bonds is 11. The van der Waals surface area contributed by atoms with Gasteiger partial charge in [0.25, 0.3) is 0 Å². The van der Waals surface area contributed by atoms with Crippen molar-refractivity contribution in [3.05, 3.63) is 21.4 Å². The third-order valence-corrected chi connectivity index (χ3v) is 4.10. The van der Waals surface area contributed by atoms with Crippen LogP contribution in [0.25, 0.3) is 0 Å². The molecule has 0 saturated heterocycles. The van der Waals surface area contributed by atoms with Gasteiger partial charge in [0, 0.05) is 22.9 Å². The van der Waals surface area contributed by atoms with Crippen LogP contribution in [-0.2, 0) is 22.6 Å². The number of hydrogen-bond acceptors (Lipinski definition) is 4. The van der Waals surface area contributed by atoms with E-state index in [1.54, 1.807) is 0 Å². The summed E-state index contributed by atoms with van der Waals surface area (Å²) >= 11 is 1.86. The van der Waals surface area contributed by atoms with E-state index in [0.717, 1.165) is 19.7 Å². The predicted molar refractivity (Wildman–Crippen MR) is 90.9 cm³/mol. The average Bonchev–Trinajstić information content (AvgIpc) is 2.73. The number of thiophene rings is 1. The first kappa shape index (κ1) is 18.6. The van der Waals surface area contributed by atoms with Crippen molar-refractivity contribution in [1.29, 1.82) is 0 Å². The third-order valence-electron chi connectivity index (χ3n) is 3.00. The van der Waals surface area contributed by atoms with E-state index >= 15 is 0 Å². The molecular weight excluding hydrogens is 282 g/mol. The monoisotopic (exact) mass is 313 g/mol. The lowest BCUT2D eigenvalue weighted by Crippen LogP contribution is -2.18. The Bertz CT molecular complexity index is 388. The molecule has 3 nitrogen and oxygen atoms in total. The smallest absolute Gasteiger partial charge is 0.0728 e. The Morgan fingerprint density at radius 1 is 1.10 bits per heavy atom. The van der Waals surface area contributed by atoms with Gasteiger partial charge in [-0.3, -0.25) is 0 Å². The molecule has 21 heavy (non-hydrogen) atoms. The van der Waals surface area contributed by atoms with Crippen molar-refractivity contribution in [2.45, 2.75) is 47.8 Å². The van der Waals surface area contributed by atoms with Crippen molar-refractivity contribution in [2.75, 3.05) is 26.4 Å². The Balaban J connectivity index is 2.21. The fourth-order valence-corrected chi connectivity index (χ4v) is 2.94. The highest BCUT2D eigenvalue weighted by molar-refractivity contribution is 7.12. The molecule has 0 amide bonds. The second kappa shape index (κ2) is 10.3. The molecule has 122 valence electrons. The van der Waals surface area contributed by atoms with Crippen LogP contribution >= 0.6 is 11.3 Å². The first-order valence-electron chi connectivity index (χ1n) is 7.93. The minimum Gasteiger partial charge on any atom is -0.379 e. The Morgan fingerprint density at radius 3 is 2.48 bits per heavy atom. The zero-order valence-corrected chi connectivity index (χ0v) is 15.0. The molecule has 0 saturated carbocycles. The highest BCUT2D eigenvalue weighted by atomic mass is 32.1. The van der Waals surface area contributed by atoms with Crippen LogP contribution in [0.1, 0.15) is 43.0 Å². The molecule has 1 aromatic heterocycles. The minimum atomic E-state index is 0.588. The second-order valence-electron chi connectivity index (χ2n) is 6.34. The van der Waals surface area contributed by atoms with Crippen LogP contribution in [0.5, 0.6) is 0 Å². The van der Waals surface area contributed by atoms with Crippen LogP contribution in [0, 0.1) is 18.8 Å². The first-order valence-corrected chi connectivity index (χ1v) is 8.75. The van der Waals surface area contributed by atoms with Crippen molar-refractivity contribution >= 4 is 11.3 Å². The molecule has 1 heterocycles. The number of ether oxygens (including phenoxy) is 2. The molecule has 0 aliphatic heterocycles. The topological polar surface area (TPSA) is 30.5 Å². The summed E-state index contributed by atoms with van der Waals surface area (Å²) in [5.74, 6) is 1.28. The summed E-state index contributed by atoms with van der Waals surface area (Å²) in [7, 11) is 0. The van der Waals surface area contributed by atoms with Gasteiger partial charge in [-0.25, -0.2) is 0 Å². The molecule has 1 N–H and O–H groups in total. The summed E-state index contributed by atoms with van der Waals surface area (Å²) in [4.78, 5) is 2.75. The molecule has 0 unspecified atom stereocenters. The van der Waals surface area contributed by atoms with Gasteiger partial charge in [0.2, 0.25) is 0 Å². The highest BCUT2D eigenvalue weighted by Gasteiger charge is 2.06. The molecule has 0 aliphatic carbocycles. The van der Waals surface area contributed by atoms with E-state index in [9.17, 15) is 0 Å². The quantitative estimate of drug-likeness (QED) is 0.627. The van der Waals surface area contributed by atoms with Crippen LogP contribution in [0.4, 0.5) is 0 Å². The molecule has 0 aliphatic rings. The van der Waals surface area contributed by atoms with Crippen LogP contribution in [-0.4, -0.2) is 26.4 Å². The first-order chi connectivity index (χ1) is 9.99. The SMILES string of the molecule is Cc1sc(CNCC(C)C)cc1COCCOCC(C)C. The van der Waals surface area contributed by atoms with Crippen molar-refractivity contribution in [3.8, 4) is 0 Å². The summed E-state index contributed by atoms with van der Waals surface area (Å²) in [6.45, 7) is 15.8.